The van der Waals surface area contributed by atoms with E-state index in [1.165, 1.54) is 24.4 Å². The Hall–Kier alpha value is -3.26. The molecule has 1 aromatic heterocycles. The molecule has 29 heavy (non-hydrogen) atoms. The van der Waals surface area contributed by atoms with Gasteiger partial charge >= 0.3 is 0 Å². The van der Waals surface area contributed by atoms with Crippen molar-refractivity contribution in [1.29, 1.82) is 0 Å². The molecule has 0 aliphatic heterocycles. The molecule has 1 amide bonds. The number of halogens is 1. The molecular weight excluding hydrogens is 395 g/mol. The maximum atomic E-state index is 13.4. The van der Waals surface area contributed by atoms with Crippen LogP contribution in [0.5, 0.6) is 11.6 Å². The quantitative estimate of drug-likeness (QED) is 0.640. The summed E-state index contributed by atoms with van der Waals surface area (Å²) in [5.74, 6) is -0.375. The molecule has 0 saturated heterocycles. The maximum absolute atomic E-state index is 13.4. The van der Waals surface area contributed by atoms with Gasteiger partial charge in [-0.3, -0.25) is 4.79 Å². The van der Waals surface area contributed by atoms with Gasteiger partial charge in [0.05, 0.1) is 5.75 Å². The molecule has 0 radical (unpaired) electrons. The number of hydrogen-bond donors (Lipinski definition) is 1. The van der Waals surface area contributed by atoms with E-state index >= 15 is 0 Å². The second-order valence-corrected chi connectivity index (χ2v) is 8.62. The van der Waals surface area contributed by atoms with E-state index in [0.717, 1.165) is 6.26 Å². The molecule has 1 heterocycles. The number of sulfone groups is 1. The predicted molar refractivity (Wildman–Crippen MR) is 107 cm³/mol. The molecule has 0 saturated carbocycles. The van der Waals surface area contributed by atoms with Gasteiger partial charge < -0.3 is 10.1 Å². The third-order valence-electron chi connectivity index (χ3n) is 3.92. The first-order chi connectivity index (χ1) is 13.8. The van der Waals surface area contributed by atoms with Crippen molar-refractivity contribution in [3.8, 4) is 11.6 Å². The van der Waals surface area contributed by atoms with Gasteiger partial charge in [-0.15, -0.1) is 0 Å². The summed E-state index contributed by atoms with van der Waals surface area (Å²) < 4.78 is 41.9. The third kappa shape index (κ3) is 6.11. The van der Waals surface area contributed by atoms with E-state index in [0.29, 0.717) is 22.4 Å². The lowest BCUT2D eigenvalue weighted by Crippen LogP contribution is -2.23. The lowest BCUT2D eigenvalue weighted by Gasteiger charge is -2.11. The summed E-state index contributed by atoms with van der Waals surface area (Å²) in [6.07, 6.45) is 2.68. The van der Waals surface area contributed by atoms with Gasteiger partial charge in [-0.25, -0.2) is 17.8 Å². The average molecular weight is 414 g/mol. The Bertz CT molecular complexity index is 1130. The van der Waals surface area contributed by atoms with Gasteiger partial charge in [0, 0.05) is 36.2 Å². The largest absolute Gasteiger partial charge is 0.439 e. The zero-order valence-corrected chi connectivity index (χ0v) is 16.4. The van der Waals surface area contributed by atoms with Gasteiger partial charge in [-0.2, -0.15) is 0 Å². The highest BCUT2D eigenvalue weighted by atomic mass is 32.2. The normalized spacial score (nSPS) is 11.1. The van der Waals surface area contributed by atoms with Crippen molar-refractivity contribution >= 4 is 15.7 Å². The fraction of sp³-hybridized carbons (Fsp3) is 0.143. The second-order valence-electron chi connectivity index (χ2n) is 6.48. The Morgan fingerprint density at radius 3 is 2.66 bits per heavy atom. The lowest BCUT2D eigenvalue weighted by molar-refractivity contribution is 0.0950. The molecule has 0 unspecified atom stereocenters. The topological polar surface area (TPSA) is 85.4 Å². The Labute approximate surface area is 168 Å². The molecule has 150 valence electrons. The van der Waals surface area contributed by atoms with Gasteiger partial charge in [0.2, 0.25) is 5.88 Å². The minimum absolute atomic E-state index is 0.133. The SMILES string of the molecule is CS(=O)(=O)Cc1cccc(C(=O)NCc2cccnc2Oc2cccc(F)c2)c1. The Kier molecular flexibility index (Phi) is 6.23. The maximum Gasteiger partial charge on any atom is 0.251 e. The van der Waals surface area contributed by atoms with Gasteiger partial charge in [0.25, 0.3) is 5.91 Å². The van der Waals surface area contributed by atoms with Crippen LogP contribution in [0, 0.1) is 5.82 Å². The van der Waals surface area contributed by atoms with Crippen LogP contribution in [0.3, 0.4) is 0 Å². The minimum atomic E-state index is -3.20. The van der Waals surface area contributed by atoms with Crippen molar-refractivity contribution in [2.75, 3.05) is 6.26 Å². The number of nitrogens with zero attached hydrogens (tertiary/aromatic N) is 1. The smallest absolute Gasteiger partial charge is 0.251 e. The van der Waals surface area contributed by atoms with Crippen LogP contribution in [0.25, 0.3) is 0 Å². The van der Waals surface area contributed by atoms with Crippen molar-refractivity contribution in [2.45, 2.75) is 12.3 Å². The number of benzene rings is 2. The van der Waals surface area contributed by atoms with Crippen molar-refractivity contribution < 1.29 is 22.3 Å². The summed E-state index contributed by atoms with van der Waals surface area (Å²) in [6, 6.07) is 15.6. The molecule has 0 spiro atoms. The molecule has 0 aliphatic rings. The minimum Gasteiger partial charge on any atom is -0.439 e. The highest BCUT2D eigenvalue weighted by Gasteiger charge is 2.12. The molecule has 0 atom stereocenters. The number of amides is 1. The van der Waals surface area contributed by atoms with Crippen molar-refractivity contribution in [3.05, 3.63) is 89.4 Å². The number of carbonyl (C=O) groups excluding carboxylic acids is 1. The van der Waals surface area contributed by atoms with E-state index < -0.39 is 15.7 Å². The number of ether oxygens (including phenoxy) is 1. The van der Waals surface area contributed by atoms with Crippen LogP contribution in [0.4, 0.5) is 4.39 Å². The van der Waals surface area contributed by atoms with Crippen LogP contribution in [-0.4, -0.2) is 25.6 Å². The first-order valence-electron chi connectivity index (χ1n) is 8.72. The van der Waals surface area contributed by atoms with Gasteiger partial charge in [-0.1, -0.05) is 24.3 Å². The molecule has 0 bridgehead atoms. The summed E-state index contributed by atoms with van der Waals surface area (Å²) in [5, 5.41) is 2.76. The van der Waals surface area contributed by atoms with Gasteiger partial charge in [-0.05, 0) is 35.9 Å². The van der Waals surface area contributed by atoms with E-state index in [1.807, 2.05) is 0 Å². The molecule has 6 nitrogen and oxygen atoms in total. The first-order valence-corrected chi connectivity index (χ1v) is 10.8. The highest BCUT2D eigenvalue weighted by molar-refractivity contribution is 7.89. The molecule has 3 aromatic rings. The van der Waals surface area contributed by atoms with E-state index in [-0.39, 0.29) is 24.1 Å². The molecule has 0 fully saturated rings. The molecule has 0 aliphatic carbocycles. The zero-order chi connectivity index (χ0) is 20.9. The van der Waals surface area contributed by atoms with Crippen molar-refractivity contribution in [3.63, 3.8) is 0 Å². The van der Waals surface area contributed by atoms with Crippen molar-refractivity contribution in [2.24, 2.45) is 0 Å². The third-order valence-corrected chi connectivity index (χ3v) is 4.78. The number of carbonyl (C=O) groups is 1. The van der Waals surface area contributed by atoms with E-state index in [1.54, 1.807) is 42.5 Å². The number of aromatic nitrogens is 1. The molecular formula is C21H19FN2O4S. The summed E-state index contributed by atoms with van der Waals surface area (Å²) >= 11 is 0. The van der Waals surface area contributed by atoms with E-state index in [2.05, 4.69) is 10.3 Å². The number of hydrogen-bond acceptors (Lipinski definition) is 5. The zero-order valence-electron chi connectivity index (χ0n) is 15.6. The van der Waals surface area contributed by atoms with Crippen LogP contribution in [0.2, 0.25) is 0 Å². The number of nitrogens with one attached hydrogen (secondary N) is 1. The Balaban J connectivity index is 1.70. The lowest BCUT2D eigenvalue weighted by atomic mass is 10.1. The average Bonchev–Trinajstić information content (AvgIpc) is 2.66. The van der Waals surface area contributed by atoms with E-state index in [4.69, 9.17) is 4.74 Å². The van der Waals surface area contributed by atoms with Gasteiger partial charge in [0.1, 0.15) is 11.6 Å². The summed E-state index contributed by atoms with van der Waals surface area (Å²) in [6.45, 7) is 0.133. The summed E-state index contributed by atoms with van der Waals surface area (Å²) in [7, 11) is -3.20. The van der Waals surface area contributed by atoms with Crippen LogP contribution < -0.4 is 10.1 Å². The molecule has 3 rings (SSSR count). The monoisotopic (exact) mass is 414 g/mol. The van der Waals surface area contributed by atoms with Gasteiger partial charge in [0.15, 0.2) is 9.84 Å². The number of rotatable bonds is 7. The standard InChI is InChI=1S/C21H19FN2O4S/c1-29(26,27)14-15-5-2-6-16(11-15)20(25)24-13-17-7-4-10-23-21(17)28-19-9-3-8-18(22)12-19/h2-12H,13-14H2,1H3,(H,24,25). The fourth-order valence-electron chi connectivity index (χ4n) is 2.68. The first kappa shape index (κ1) is 20.5. The van der Waals surface area contributed by atoms with Crippen molar-refractivity contribution in [1.82, 2.24) is 10.3 Å². The molecule has 2 aromatic carbocycles. The Morgan fingerprint density at radius 1 is 1.10 bits per heavy atom. The van der Waals surface area contributed by atoms with Crippen LogP contribution in [-0.2, 0) is 22.1 Å². The highest BCUT2D eigenvalue weighted by Crippen LogP contribution is 2.23. The van der Waals surface area contributed by atoms with Crippen LogP contribution >= 0.6 is 0 Å². The second kappa shape index (κ2) is 8.83. The fourth-order valence-corrected chi connectivity index (χ4v) is 3.46. The Morgan fingerprint density at radius 2 is 1.90 bits per heavy atom. The molecule has 1 N–H and O–H groups in total. The number of pyridine rings is 1. The summed E-state index contributed by atoms with van der Waals surface area (Å²) in [4.78, 5) is 16.6. The predicted octanol–water partition coefficient (Wildman–Crippen LogP) is 3.49. The summed E-state index contributed by atoms with van der Waals surface area (Å²) in [5.41, 5.74) is 1.50. The van der Waals surface area contributed by atoms with Crippen LogP contribution in [0.15, 0.2) is 66.9 Å². The molecule has 8 heteroatoms. The van der Waals surface area contributed by atoms with Crippen LogP contribution in [0.1, 0.15) is 21.5 Å². The van der Waals surface area contributed by atoms with E-state index in [9.17, 15) is 17.6 Å².